The molecule has 4 rings (SSSR count). The first-order chi connectivity index (χ1) is 12.8. The number of anilines is 1. The summed E-state index contributed by atoms with van der Waals surface area (Å²) in [6.45, 7) is 5.50. The zero-order valence-electron chi connectivity index (χ0n) is 16.1. The standard InChI is InChI=1S/C21H30N4S/c1-3-5-7-12-22-20-19-18(23-13-24-20)17-15-10-8-9-14(15)16(11-6-4-2)25-21(17)26-19/h13,17,21H,3-12H2,1-2H3,(H,22,23,24)/t17-,21+/m0/s1. The summed E-state index contributed by atoms with van der Waals surface area (Å²) < 4.78 is 0. The van der Waals surface area contributed by atoms with Gasteiger partial charge in [0.1, 0.15) is 17.5 Å². The van der Waals surface area contributed by atoms with Crippen molar-refractivity contribution in [3.63, 3.8) is 0 Å². The number of thioether (sulfide) groups is 1. The number of nitrogens with zero attached hydrogens (tertiary/aromatic N) is 3. The Morgan fingerprint density at radius 2 is 2.00 bits per heavy atom. The van der Waals surface area contributed by atoms with E-state index in [1.165, 1.54) is 67.7 Å². The van der Waals surface area contributed by atoms with Crippen molar-refractivity contribution in [3.8, 4) is 0 Å². The van der Waals surface area contributed by atoms with Gasteiger partial charge in [0.25, 0.3) is 0 Å². The van der Waals surface area contributed by atoms with Crippen LogP contribution in [0.5, 0.6) is 0 Å². The zero-order chi connectivity index (χ0) is 17.9. The van der Waals surface area contributed by atoms with E-state index in [-0.39, 0.29) is 5.37 Å². The fraction of sp³-hybridized carbons (Fsp3) is 0.667. The molecular formula is C21H30N4S. The van der Waals surface area contributed by atoms with Crippen molar-refractivity contribution in [2.75, 3.05) is 11.9 Å². The normalized spacial score (nSPS) is 23.5. The summed E-state index contributed by atoms with van der Waals surface area (Å²) in [7, 11) is 0. The molecule has 0 saturated carbocycles. The third-order valence-corrected chi connectivity index (χ3v) is 7.01. The zero-order valence-corrected chi connectivity index (χ0v) is 16.9. The number of aliphatic imine (C=N–C) groups is 1. The monoisotopic (exact) mass is 370 g/mol. The quantitative estimate of drug-likeness (QED) is 0.595. The molecule has 0 radical (unpaired) electrons. The number of aromatic nitrogens is 2. The number of hydrogen-bond donors (Lipinski definition) is 1. The molecule has 0 spiro atoms. The van der Waals surface area contributed by atoms with Crippen LogP contribution in [0.2, 0.25) is 0 Å². The lowest BCUT2D eigenvalue weighted by Crippen LogP contribution is -2.21. The van der Waals surface area contributed by atoms with Gasteiger partial charge in [0, 0.05) is 12.3 Å². The number of hydrogen-bond acceptors (Lipinski definition) is 5. The fourth-order valence-electron chi connectivity index (χ4n) is 4.43. The van der Waals surface area contributed by atoms with E-state index in [0.29, 0.717) is 5.92 Å². The molecule has 140 valence electrons. The second kappa shape index (κ2) is 8.12. The van der Waals surface area contributed by atoms with Gasteiger partial charge in [-0.3, -0.25) is 4.99 Å². The average molecular weight is 371 g/mol. The first-order valence-electron chi connectivity index (χ1n) is 10.4. The number of unbranched alkanes of at least 4 members (excludes halogenated alkanes) is 3. The molecule has 3 aliphatic rings. The van der Waals surface area contributed by atoms with Crippen LogP contribution in [-0.4, -0.2) is 27.6 Å². The molecule has 0 unspecified atom stereocenters. The molecule has 0 saturated heterocycles. The van der Waals surface area contributed by atoms with Crippen molar-refractivity contribution in [1.82, 2.24) is 9.97 Å². The largest absolute Gasteiger partial charge is 0.369 e. The molecule has 26 heavy (non-hydrogen) atoms. The number of allylic oxidation sites excluding steroid dienone is 1. The van der Waals surface area contributed by atoms with Gasteiger partial charge in [-0.15, -0.1) is 0 Å². The Kier molecular flexibility index (Phi) is 5.63. The topological polar surface area (TPSA) is 50.2 Å². The summed E-state index contributed by atoms with van der Waals surface area (Å²) >= 11 is 1.89. The van der Waals surface area contributed by atoms with Gasteiger partial charge in [0.2, 0.25) is 0 Å². The number of rotatable bonds is 8. The van der Waals surface area contributed by atoms with Gasteiger partial charge in [-0.1, -0.05) is 50.4 Å². The Balaban J connectivity index is 1.60. The second-order valence-corrected chi connectivity index (χ2v) is 8.72. The van der Waals surface area contributed by atoms with E-state index in [4.69, 9.17) is 9.98 Å². The molecular weight excluding hydrogens is 340 g/mol. The van der Waals surface area contributed by atoms with E-state index < -0.39 is 0 Å². The summed E-state index contributed by atoms with van der Waals surface area (Å²) in [6, 6.07) is 0. The SMILES string of the molecule is CCCCCNc1ncnc2c1S[C@H]1N=C(CCCC)C3=C(CCC3)[C@@H]21. The van der Waals surface area contributed by atoms with Crippen molar-refractivity contribution in [2.24, 2.45) is 4.99 Å². The molecule has 3 heterocycles. The summed E-state index contributed by atoms with van der Waals surface area (Å²) in [4.78, 5) is 15.7. The van der Waals surface area contributed by atoms with Crippen LogP contribution >= 0.6 is 11.8 Å². The van der Waals surface area contributed by atoms with Gasteiger partial charge >= 0.3 is 0 Å². The van der Waals surface area contributed by atoms with Gasteiger partial charge in [0.15, 0.2) is 0 Å². The maximum Gasteiger partial charge on any atom is 0.143 e. The van der Waals surface area contributed by atoms with E-state index >= 15 is 0 Å². The van der Waals surface area contributed by atoms with E-state index in [9.17, 15) is 0 Å². The van der Waals surface area contributed by atoms with Crippen LogP contribution in [0, 0.1) is 0 Å². The molecule has 1 aromatic heterocycles. The highest BCUT2D eigenvalue weighted by Crippen LogP contribution is 2.55. The predicted molar refractivity (Wildman–Crippen MR) is 110 cm³/mol. The van der Waals surface area contributed by atoms with Crippen molar-refractivity contribution < 1.29 is 0 Å². The van der Waals surface area contributed by atoms with Crippen molar-refractivity contribution in [2.45, 2.75) is 87.8 Å². The van der Waals surface area contributed by atoms with Crippen LogP contribution in [0.4, 0.5) is 5.82 Å². The predicted octanol–water partition coefficient (Wildman–Crippen LogP) is 5.72. The molecule has 4 nitrogen and oxygen atoms in total. The minimum absolute atomic E-state index is 0.279. The van der Waals surface area contributed by atoms with E-state index in [1.807, 2.05) is 11.8 Å². The third kappa shape index (κ3) is 3.30. The Hall–Kier alpha value is -1.36. The molecule has 1 N–H and O–H groups in total. The van der Waals surface area contributed by atoms with Crippen LogP contribution in [0.15, 0.2) is 27.4 Å². The molecule has 1 aliphatic carbocycles. The van der Waals surface area contributed by atoms with E-state index in [2.05, 4.69) is 24.1 Å². The van der Waals surface area contributed by atoms with Gasteiger partial charge in [0.05, 0.1) is 16.5 Å². The third-order valence-electron chi connectivity index (χ3n) is 5.76. The van der Waals surface area contributed by atoms with Crippen LogP contribution in [-0.2, 0) is 0 Å². The second-order valence-electron chi connectivity index (χ2n) is 7.59. The Bertz CT molecular complexity index is 725. The summed E-state index contributed by atoms with van der Waals surface area (Å²) in [6.07, 6.45) is 12.8. The van der Waals surface area contributed by atoms with Crippen LogP contribution < -0.4 is 5.32 Å². The van der Waals surface area contributed by atoms with Gasteiger partial charge in [-0.2, -0.15) is 0 Å². The fourth-order valence-corrected chi connectivity index (χ4v) is 5.81. The van der Waals surface area contributed by atoms with Crippen molar-refractivity contribution in [1.29, 1.82) is 0 Å². The Morgan fingerprint density at radius 3 is 2.85 bits per heavy atom. The highest BCUT2D eigenvalue weighted by molar-refractivity contribution is 8.00. The molecule has 0 fully saturated rings. The van der Waals surface area contributed by atoms with Gasteiger partial charge in [-0.05, 0) is 44.1 Å². The highest BCUT2D eigenvalue weighted by atomic mass is 32.2. The first kappa shape index (κ1) is 18.0. The van der Waals surface area contributed by atoms with Crippen LogP contribution in [0.3, 0.4) is 0 Å². The van der Waals surface area contributed by atoms with Gasteiger partial charge in [-0.25, -0.2) is 9.97 Å². The molecule has 2 aliphatic heterocycles. The lowest BCUT2D eigenvalue weighted by Gasteiger charge is -2.26. The van der Waals surface area contributed by atoms with Crippen molar-refractivity contribution >= 4 is 23.3 Å². The van der Waals surface area contributed by atoms with E-state index in [0.717, 1.165) is 18.8 Å². The summed E-state index contributed by atoms with van der Waals surface area (Å²) in [5.41, 5.74) is 5.83. The van der Waals surface area contributed by atoms with Crippen molar-refractivity contribution in [3.05, 3.63) is 23.2 Å². The molecule has 2 atom stereocenters. The molecule has 5 heteroatoms. The number of nitrogens with one attached hydrogen (secondary N) is 1. The minimum Gasteiger partial charge on any atom is -0.369 e. The lowest BCUT2D eigenvalue weighted by molar-refractivity contribution is 0.693. The maximum absolute atomic E-state index is 5.22. The number of dihydropyridines is 1. The average Bonchev–Trinajstić information content (AvgIpc) is 3.27. The van der Waals surface area contributed by atoms with E-state index in [1.54, 1.807) is 17.5 Å². The Labute approximate surface area is 161 Å². The lowest BCUT2D eigenvalue weighted by atomic mass is 9.87. The molecule has 0 amide bonds. The molecule has 0 bridgehead atoms. The highest BCUT2D eigenvalue weighted by Gasteiger charge is 2.43. The first-order valence-corrected chi connectivity index (χ1v) is 11.3. The number of fused-ring (bicyclic) bond motifs is 4. The van der Waals surface area contributed by atoms with Crippen LogP contribution in [0.1, 0.15) is 83.2 Å². The smallest absolute Gasteiger partial charge is 0.143 e. The maximum atomic E-state index is 5.22. The van der Waals surface area contributed by atoms with Crippen LogP contribution in [0.25, 0.3) is 0 Å². The summed E-state index contributed by atoms with van der Waals surface area (Å²) in [5.74, 6) is 1.41. The minimum atomic E-state index is 0.279. The molecule has 1 aromatic rings. The Morgan fingerprint density at radius 1 is 1.12 bits per heavy atom. The van der Waals surface area contributed by atoms with Gasteiger partial charge < -0.3 is 5.32 Å². The molecule has 0 aromatic carbocycles. The summed E-state index contributed by atoms with van der Waals surface area (Å²) in [5, 5.41) is 3.84.